The number of aromatic nitrogens is 1. The molecule has 1 amide bonds. The van der Waals surface area contributed by atoms with Crippen molar-refractivity contribution in [3.05, 3.63) is 81.8 Å². The summed E-state index contributed by atoms with van der Waals surface area (Å²) in [6, 6.07) is 17.2. The number of carbonyl (C=O) groups excluding carboxylic acids is 1. The van der Waals surface area contributed by atoms with E-state index in [9.17, 15) is 4.79 Å². The van der Waals surface area contributed by atoms with Crippen LogP contribution in [0.1, 0.15) is 58.6 Å². The molecule has 0 spiro atoms. The number of amides is 1. The molecule has 1 aliphatic carbocycles. The molecule has 1 fully saturated rings. The summed E-state index contributed by atoms with van der Waals surface area (Å²) in [5, 5.41) is 1.99. The Morgan fingerprint density at radius 2 is 1.96 bits per heavy atom. The highest BCUT2D eigenvalue weighted by Gasteiger charge is 2.27. The van der Waals surface area contributed by atoms with Gasteiger partial charge < -0.3 is 9.47 Å². The van der Waals surface area contributed by atoms with Crippen LogP contribution in [0, 0.1) is 6.92 Å². The van der Waals surface area contributed by atoms with E-state index in [4.69, 9.17) is 0 Å². The van der Waals surface area contributed by atoms with Crippen LogP contribution in [-0.4, -0.2) is 21.4 Å². The van der Waals surface area contributed by atoms with Gasteiger partial charge in [-0.15, -0.1) is 11.3 Å². The molecule has 0 saturated heterocycles. The first-order chi connectivity index (χ1) is 13.7. The van der Waals surface area contributed by atoms with Gasteiger partial charge in [-0.1, -0.05) is 55.2 Å². The van der Waals surface area contributed by atoms with Gasteiger partial charge in [0.25, 0.3) is 5.91 Å². The first-order valence-corrected chi connectivity index (χ1v) is 11.1. The second kappa shape index (κ2) is 8.78. The van der Waals surface area contributed by atoms with Gasteiger partial charge >= 0.3 is 0 Å². The Kier molecular flexibility index (Phi) is 5.96. The van der Waals surface area contributed by atoms with Crippen LogP contribution in [-0.2, 0) is 13.1 Å². The molecule has 0 atom stereocenters. The van der Waals surface area contributed by atoms with E-state index in [0.717, 1.165) is 24.3 Å². The van der Waals surface area contributed by atoms with Crippen molar-refractivity contribution in [1.82, 2.24) is 9.47 Å². The second-order valence-corrected chi connectivity index (χ2v) is 8.77. The van der Waals surface area contributed by atoms with Gasteiger partial charge in [-0.3, -0.25) is 4.79 Å². The number of rotatable bonds is 6. The largest absolute Gasteiger partial charge is 0.345 e. The van der Waals surface area contributed by atoms with Crippen LogP contribution in [0.2, 0.25) is 0 Å². The van der Waals surface area contributed by atoms with Gasteiger partial charge in [-0.25, -0.2) is 0 Å². The molecule has 1 aliphatic rings. The number of aryl methyl sites for hydroxylation is 1. The van der Waals surface area contributed by atoms with E-state index in [2.05, 4.69) is 59.0 Å². The standard InChI is InChI=1S/C24H28N2OS/c1-19-8-5-9-20(16-19)17-25-14-6-12-22(25)18-26(21-10-3-2-4-11-21)24(27)23-13-7-15-28-23/h5-9,12-16,21H,2-4,10-11,17-18H2,1H3. The molecule has 0 bridgehead atoms. The fourth-order valence-corrected chi connectivity index (χ4v) is 4.91. The summed E-state index contributed by atoms with van der Waals surface area (Å²) < 4.78 is 2.28. The number of carbonyl (C=O) groups is 1. The van der Waals surface area contributed by atoms with E-state index in [-0.39, 0.29) is 5.91 Å². The normalized spacial score (nSPS) is 14.9. The Morgan fingerprint density at radius 3 is 2.71 bits per heavy atom. The van der Waals surface area contributed by atoms with E-state index in [1.54, 1.807) is 11.3 Å². The lowest BCUT2D eigenvalue weighted by Gasteiger charge is -2.34. The Hall–Kier alpha value is -2.33. The highest BCUT2D eigenvalue weighted by atomic mass is 32.1. The molecule has 146 valence electrons. The molecule has 2 heterocycles. The van der Waals surface area contributed by atoms with Crippen molar-refractivity contribution in [2.45, 2.75) is 58.2 Å². The van der Waals surface area contributed by atoms with Crippen molar-refractivity contribution in [3.8, 4) is 0 Å². The zero-order chi connectivity index (χ0) is 19.3. The van der Waals surface area contributed by atoms with Crippen molar-refractivity contribution < 1.29 is 4.79 Å². The molecule has 0 radical (unpaired) electrons. The van der Waals surface area contributed by atoms with E-state index in [1.807, 2.05) is 17.5 Å². The van der Waals surface area contributed by atoms with E-state index < -0.39 is 0 Å². The molecule has 28 heavy (non-hydrogen) atoms. The summed E-state index contributed by atoms with van der Waals surface area (Å²) in [6.45, 7) is 3.65. The van der Waals surface area contributed by atoms with Gasteiger partial charge in [0.2, 0.25) is 0 Å². The Balaban J connectivity index is 1.57. The predicted octanol–water partition coefficient (Wildman–Crippen LogP) is 5.88. The van der Waals surface area contributed by atoms with Crippen LogP contribution in [0.4, 0.5) is 0 Å². The molecule has 1 saturated carbocycles. The minimum Gasteiger partial charge on any atom is -0.345 e. The molecule has 3 aromatic rings. The summed E-state index contributed by atoms with van der Waals surface area (Å²) in [5.74, 6) is 0.185. The van der Waals surface area contributed by atoms with Gasteiger partial charge in [0, 0.05) is 24.5 Å². The van der Waals surface area contributed by atoms with Crippen LogP contribution in [0.15, 0.2) is 60.1 Å². The van der Waals surface area contributed by atoms with Crippen molar-refractivity contribution in [1.29, 1.82) is 0 Å². The lowest BCUT2D eigenvalue weighted by molar-refractivity contribution is 0.0614. The van der Waals surface area contributed by atoms with Gasteiger partial charge in [-0.05, 0) is 48.9 Å². The lowest BCUT2D eigenvalue weighted by atomic mass is 9.94. The van der Waals surface area contributed by atoms with Crippen molar-refractivity contribution in [2.75, 3.05) is 0 Å². The topological polar surface area (TPSA) is 25.2 Å². The summed E-state index contributed by atoms with van der Waals surface area (Å²) in [7, 11) is 0. The lowest BCUT2D eigenvalue weighted by Crippen LogP contribution is -2.41. The first-order valence-electron chi connectivity index (χ1n) is 10.2. The minimum absolute atomic E-state index is 0.185. The fraction of sp³-hybridized carbons (Fsp3) is 0.375. The molecule has 0 aliphatic heterocycles. The average Bonchev–Trinajstić information content (AvgIpc) is 3.39. The third-order valence-electron chi connectivity index (χ3n) is 5.70. The number of thiophene rings is 1. The zero-order valence-electron chi connectivity index (χ0n) is 16.5. The highest BCUT2D eigenvalue weighted by molar-refractivity contribution is 7.12. The van der Waals surface area contributed by atoms with E-state index in [0.29, 0.717) is 12.6 Å². The first kappa shape index (κ1) is 19.0. The van der Waals surface area contributed by atoms with Crippen LogP contribution >= 0.6 is 11.3 Å². The zero-order valence-corrected chi connectivity index (χ0v) is 17.3. The average molecular weight is 393 g/mol. The number of hydrogen-bond donors (Lipinski definition) is 0. The molecular weight excluding hydrogens is 364 g/mol. The van der Waals surface area contributed by atoms with Crippen molar-refractivity contribution >= 4 is 17.2 Å². The van der Waals surface area contributed by atoms with Crippen molar-refractivity contribution in [3.63, 3.8) is 0 Å². The maximum atomic E-state index is 13.3. The summed E-state index contributed by atoms with van der Waals surface area (Å²) in [6.07, 6.45) is 8.12. The number of hydrogen-bond acceptors (Lipinski definition) is 2. The Morgan fingerprint density at radius 1 is 1.11 bits per heavy atom. The molecule has 1 aromatic carbocycles. The molecule has 0 N–H and O–H groups in total. The van der Waals surface area contributed by atoms with Crippen LogP contribution in [0.3, 0.4) is 0 Å². The maximum Gasteiger partial charge on any atom is 0.264 e. The van der Waals surface area contributed by atoms with Gasteiger partial charge in [-0.2, -0.15) is 0 Å². The number of benzene rings is 1. The maximum absolute atomic E-state index is 13.3. The third-order valence-corrected chi connectivity index (χ3v) is 6.56. The molecule has 0 unspecified atom stereocenters. The number of nitrogens with zero attached hydrogens (tertiary/aromatic N) is 2. The molecule has 2 aromatic heterocycles. The second-order valence-electron chi connectivity index (χ2n) is 7.82. The smallest absolute Gasteiger partial charge is 0.264 e. The Labute approximate surface area is 171 Å². The predicted molar refractivity (Wildman–Crippen MR) is 116 cm³/mol. The van der Waals surface area contributed by atoms with Crippen LogP contribution in [0.5, 0.6) is 0 Å². The summed E-state index contributed by atoms with van der Waals surface area (Å²) >= 11 is 1.55. The van der Waals surface area contributed by atoms with Gasteiger partial charge in [0.15, 0.2) is 0 Å². The quantitative estimate of drug-likeness (QED) is 0.514. The Bertz CT molecular complexity index is 906. The van der Waals surface area contributed by atoms with Crippen molar-refractivity contribution in [2.24, 2.45) is 0 Å². The molecule has 4 rings (SSSR count). The fourth-order valence-electron chi connectivity index (χ4n) is 4.23. The van der Waals surface area contributed by atoms with E-state index >= 15 is 0 Å². The van der Waals surface area contributed by atoms with Crippen LogP contribution in [0.25, 0.3) is 0 Å². The molecule has 4 heteroatoms. The molecule has 3 nitrogen and oxygen atoms in total. The third kappa shape index (κ3) is 4.39. The van der Waals surface area contributed by atoms with Crippen LogP contribution < -0.4 is 0 Å². The summed E-state index contributed by atoms with van der Waals surface area (Å²) in [4.78, 5) is 16.3. The minimum atomic E-state index is 0.185. The highest BCUT2D eigenvalue weighted by Crippen LogP contribution is 2.27. The van der Waals surface area contributed by atoms with Gasteiger partial charge in [0.1, 0.15) is 0 Å². The molecular formula is C24H28N2OS. The van der Waals surface area contributed by atoms with Gasteiger partial charge in [0.05, 0.1) is 11.4 Å². The monoisotopic (exact) mass is 392 g/mol. The SMILES string of the molecule is Cc1cccc(Cn2cccc2CN(C(=O)c2cccs2)C2CCCCC2)c1. The van der Waals surface area contributed by atoms with E-state index in [1.165, 1.54) is 36.1 Å². The summed E-state index contributed by atoms with van der Waals surface area (Å²) in [5.41, 5.74) is 3.78.